The number of hydrogen-bond acceptors (Lipinski definition) is 7. The Morgan fingerprint density at radius 3 is 2.59 bits per heavy atom. The number of aromatic nitrogens is 1. The largest absolute Gasteiger partial charge is 0.488 e. The summed E-state index contributed by atoms with van der Waals surface area (Å²) in [5, 5.41) is 13.0. The minimum atomic E-state index is -0.502. The molecule has 0 saturated heterocycles. The smallest absolute Gasteiger partial charge is 0.269 e. The summed E-state index contributed by atoms with van der Waals surface area (Å²) < 4.78 is 24.1. The molecule has 0 spiro atoms. The number of halogens is 1. The average Bonchev–Trinajstić information content (AvgIpc) is 3.17. The van der Waals surface area contributed by atoms with E-state index in [0.29, 0.717) is 23.5 Å². The number of thiazole rings is 1. The monoisotopic (exact) mass is 457 g/mol. The van der Waals surface area contributed by atoms with Gasteiger partial charge in [0.15, 0.2) is 10.3 Å². The zero-order valence-corrected chi connectivity index (χ0v) is 18.1. The van der Waals surface area contributed by atoms with Gasteiger partial charge in [-0.1, -0.05) is 23.5 Å². The van der Waals surface area contributed by atoms with Crippen LogP contribution in [0.1, 0.15) is 28.4 Å². The summed E-state index contributed by atoms with van der Waals surface area (Å²) in [7, 11) is 1.56. The predicted octanol–water partition coefficient (Wildman–Crippen LogP) is 5.03. The Morgan fingerprint density at radius 1 is 1.25 bits per heavy atom. The molecule has 1 N–H and O–H groups in total. The van der Waals surface area contributed by atoms with Crippen molar-refractivity contribution in [3.63, 3.8) is 0 Å². The lowest BCUT2D eigenvalue weighted by atomic mass is 10.1. The van der Waals surface area contributed by atoms with E-state index >= 15 is 0 Å². The quantitative estimate of drug-likeness (QED) is 0.275. The van der Waals surface area contributed by atoms with Crippen LogP contribution in [0, 0.1) is 15.2 Å². The number of carbonyl (C=O) groups excluding carboxylic acids is 1. The van der Waals surface area contributed by atoms with E-state index in [1.165, 1.54) is 12.1 Å². The summed E-state index contributed by atoms with van der Waals surface area (Å²) in [6.07, 6.45) is 4.30. The summed E-state index contributed by atoms with van der Waals surface area (Å²) in [6, 6.07) is 11.1. The van der Waals surface area contributed by atoms with E-state index < -0.39 is 16.0 Å². The molecule has 3 rings (SSSR count). The van der Waals surface area contributed by atoms with Crippen molar-refractivity contribution < 1.29 is 23.6 Å². The van der Waals surface area contributed by atoms with E-state index in [2.05, 4.69) is 10.3 Å². The summed E-state index contributed by atoms with van der Waals surface area (Å²) in [5.74, 6) is -0.00921. The van der Waals surface area contributed by atoms with Crippen molar-refractivity contribution >= 4 is 40.2 Å². The lowest BCUT2D eigenvalue weighted by Crippen LogP contribution is -2.18. The zero-order valence-electron chi connectivity index (χ0n) is 17.3. The minimum absolute atomic E-state index is 0.00209. The molecule has 0 bridgehead atoms. The number of nitro groups is 1. The fraction of sp³-hybridized carbons (Fsp3) is 0.182. The number of benzene rings is 2. The van der Waals surface area contributed by atoms with Crippen LogP contribution >= 0.6 is 11.3 Å². The molecule has 0 unspecified atom stereocenters. The third kappa shape index (κ3) is 6.43. The molecule has 0 aliphatic heterocycles. The van der Waals surface area contributed by atoms with Gasteiger partial charge in [-0.15, -0.1) is 0 Å². The molecule has 0 fully saturated rings. The maximum atomic E-state index is 13.2. The molecule has 0 aliphatic rings. The molecular weight excluding hydrogens is 437 g/mol. The minimum Gasteiger partial charge on any atom is -0.488 e. The molecule has 1 aromatic heterocycles. The number of nitrogens with zero attached hydrogens (tertiary/aromatic N) is 2. The van der Waals surface area contributed by atoms with Gasteiger partial charge in [0, 0.05) is 24.8 Å². The van der Waals surface area contributed by atoms with Crippen LogP contribution in [-0.2, 0) is 4.74 Å². The standard InChI is InChI=1S/C22H20FN3O5S/c1-14(13-30-2)31-19-10-16(4-3-15-5-7-18(8-6-15)26(28)29)9-17(11-19)21(27)25-22-24-12-20(23)32-22/h3-12,14H,13H2,1-2H3,(H,24,25,27)/b4-3+/t14-/m0/s1. The molecule has 0 saturated carbocycles. The highest BCUT2D eigenvalue weighted by Gasteiger charge is 2.13. The van der Waals surface area contributed by atoms with Gasteiger partial charge in [0.05, 0.1) is 17.7 Å². The van der Waals surface area contributed by atoms with Crippen LogP contribution in [0.15, 0.2) is 48.7 Å². The molecule has 166 valence electrons. The van der Waals surface area contributed by atoms with E-state index in [4.69, 9.17) is 9.47 Å². The van der Waals surface area contributed by atoms with Gasteiger partial charge in [0.1, 0.15) is 11.9 Å². The number of nitrogens with one attached hydrogen (secondary N) is 1. The van der Waals surface area contributed by atoms with Gasteiger partial charge >= 0.3 is 0 Å². The summed E-state index contributed by atoms with van der Waals surface area (Å²) in [6.45, 7) is 2.20. The van der Waals surface area contributed by atoms with E-state index in [9.17, 15) is 19.3 Å². The molecule has 0 aliphatic carbocycles. The van der Waals surface area contributed by atoms with Gasteiger partial charge in [0.2, 0.25) is 0 Å². The van der Waals surface area contributed by atoms with E-state index in [1.807, 2.05) is 6.92 Å². The van der Waals surface area contributed by atoms with Gasteiger partial charge in [-0.05, 0) is 48.4 Å². The first-order valence-corrected chi connectivity index (χ1v) is 10.3. The Kier molecular flexibility index (Phi) is 7.63. The summed E-state index contributed by atoms with van der Waals surface area (Å²) in [5.41, 5.74) is 1.72. The van der Waals surface area contributed by atoms with Crippen LogP contribution in [-0.4, -0.2) is 35.6 Å². The van der Waals surface area contributed by atoms with Crippen molar-refractivity contribution in [3.05, 3.63) is 80.6 Å². The molecule has 10 heteroatoms. The molecular formula is C22H20FN3O5S. The Morgan fingerprint density at radius 2 is 1.97 bits per heavy atom. The highest BCUT2D eigenvalue weighted by Crippen LogP contribution is 2.23. The third-order valence-electron chi connectivity index (χ3n) is 4.20. The Labute approximate surface area is 187 Å². The number of non-ortho nitro benzene ring substituents is 1. The Hall–Kier alpha value is -3.63. The van der Waals surface area contributed by atoms with Gasteiger partial charge in [-0.2, -0.15) is 4.39 Å². The second-order valence-corrected chi connectivity index (χ2v) is 7.76. The molecule has 8 nitrogen and oxygen atoms in total. The predicted molar refractivity (Wildman–Crippen MR) is 120 cm³/mol. The highest BCUT2D eigenvalue weighted by molar-refractivity contribution is 7.14. The fourth-order valence-corrected chi connectivity index (χ4v) is 3.34. The Balaban J connectivity index is 1.86. The number of anilines is 1. The maximum Gasteiger partial charge on any atom is 0.269 e. The van der Waals surface area contributed by atoms with Gasteiger partial charge in [-0.3, -0.25) is 20.2 Å². The van der Waals surface area contributed by atoms with Crippen LogP contribution in [0.25, 0.3) is 12.2 Å². The third-order valence-corrected chi connectivity index (χ3v) is 4.90. The maximum absolute atomic E-state index is 13.2. The van der Waals surface area contributed by atoms with Crippen molar-refractivity contribution in [1.82, 2.24) is 4.98 Å². The highest BCUT2D eigenvalue weighted by atomic mass is 32.1. The van der Waals surface area contributed by atoms with Crippen molar-refractivity contribution in [3.8, 4) is 5.75 Å². The second kappa shape index (κ2) is 10.6. The topological polar surface area (TPSA) is 104 Å². The van der Waals surface area contributed by atoms with E-state index in [0.717, 1.165) is 23.1 Å². The first kappa shape index (κ1) is 23.0. The molecule has 2 aromatic carbocycles. The molecule has 1 atom stereocenters. The van der Waals surface area contributed by atoms with Crippen LogP contribution < -0.4 is 10.1 Å². The number of ether oxygens (including phenoxy) is 2. The SMILES string of the molecule is COC[C@H](C)Oc1cc(/C=C/c2ccc([N+](=O)[O-])cc2)cc(C(=O)Nc2ncc(F)s2)c1. The first-order chi connectivity index (χ1) is 15.3. The molecule has 3 aromatic rings. The number of rotatable bonds is 9. The van der Waals surface area contributed by atoms with Gasteiger partial charge < -0.3 is 9.47 Å². The van der Waals surface area contributed by atoms with Crippen LogP contribution in [0.4, 0.5) is 15.2 Å². The number of amides is 1. The molecule has 1 amide bonds. The Bertz CT molecular complexity index is 1130. The summed E-state index contributed by atoms with van der Waals surface area (Å²) >= 11 is 0.728. The fourth-order valence-electron chi connectivity index (χ4n) is 2.80. The number of methoxy groups -OCH3 is 1. The van der Waals surface area contributed by atoms with E-state index in [1.54, 1.807) is 49.6 Å². The number of hydrogen-bond donors (Lipinski definition) is 1. The second-order valence-electron chi connectivity index (χ2n) is 6.78. The molecule has 1 heterocycles. The number of carbonyl (C=O) groups is 1. The summed E-state index contributed by atoms with van der Waals surface area (Å²) in [4.78, 5) is 26.8. The van der Waals surface area contributed by atoms with Crippen molar-refractivity contribution in [2.75, 3.05) is 19.0 Å². The zero-order chi connectivity index (χ0) is 23.1. The van der Waals surface area contributed by atoms with Gasteiger partial charge in [0.25, 0.3) is 11.6 Å². The van der Waals surface area contributed by atoms with Gasteiger partial charge in [-0.25, -0.2) is 4.98 Å². The first-order valence-electron chi connectivity index (χ1n) is 9.50. The average molecular weight is 457 g/mol. The molecule has 0 radical (unpaired) electrons. The van der Waals surface area contributed by atoms with Crippen molar-refractivity contribution in [2.45, 2.75) is 13.0 Å². The van der Waals surface area contributed by atoms with Crippen LogP contribution in [0.5, 0.6) is 5.75 Å². The lowest BCUT2D eigenvalue weighted by Gasteiger charge is -2.15. The van der Waals surface area contributed by atoms with Crippen LogP contribution in [0.2, 0.25) is 0 Å². The normalized spacial score (nSPS) is 12.0. The van der Waals surface area contributed by atoms with Crippen molar-refractivity contribution in [1.29, 1.82) is 0 Å². The van der Waals surface area contributed by atoms with Crippen molar-refractivity contribution in [2.24, 2.45) is 0 Å². The molecule has 32 heavy (non-hydrogen) atoms. The number of nitro benzene ring substituents is 1. The van der Waals surface area contributed by atoms with E-state index in [-0.39, 0.29) is 16.9 Å². The lowest BCUT2D eigenvalue weighted by molar-refractivity contribution is -0.384. The van der Waals surface area contributed by atoms with Crippen LogP contribution in [0.3, 0.4) is 0 Å².